The fourth-order valence-corrected chi connectivity index (χ4v) is 11.8. The molecule has 0 spiro atoms. The molecule has 26 heteroatoms. The molecule has 2 rings (SSSR count). The molecule has 0 bridgehead atoms. The average molecular weight is 1340 g/mol. The van der Waals surface area contributed by atoms with Crippen molar-refractivity contribution in [2.75, 3.05) is 62.4 Å². The van der Waals surface area contributed by atoms with Crippen molar-refractivity contribution in [3.8, 4) is 0 Å². The van der Waals surface area contributed by atoms with Crippen LogP contribution in [0.25, 0.3) is 0 Å². The van der Waals surface area contributed by atoms with Gasteiger partial charge in [0.2, 0.25) is 53.2 Å². The lowest BCUT2D eigenvalue weighted by atomic mass is 9.91. The van der Waals surface area contributed by atoms with Crippen molar-refractivity contribution < 1.29 is 67.7 Å². The van der Waals surface area contributed by atoms with Crippen molar-refractivity contribution in [2.24, 2.45) is 47.3 Å². The van der Waals surface area contributed by atoms with Gasteiger partial charge in [0.1, 0.15) is 54.4 Å². The molecule has 540 valence electrons. The Morgan fingerprint density at radius 1 is 0.516 bits per heavy atom. The Balaban J connectivity index is 3.03. The summed E-state index contributed by atoms with van der Waals surface area (Å²) in [4.78, 5) is 175. The van der Waals surface area contributed by atoms with E-state index in [1.807, 2.05) is 93.3 Å². The maximum Gasteiger partial charge on any atom is 0.329 e. The molecule has 0 unspecified atom stereocenters. The number of nitrogens with zero attached hydrogens (tertiary/aromatic N) is 8. The smallest absolute Gasteiger partial charge is 0.329 e. The van der Waals surface area contributed by atoms with Crippen molar-refractivity contribution in [3.05, 3.63) is 30.1 Å². The first-order chi connectivity index (χ1) is 44.0. The van der Waals surface area contributed by atoms with Crippen molar-refractivity contribution in [1.29, 1.82) is 0 Å². The van der Waals surface area contributed by atoms with Crippen molar-refractivity contribution in [2.45, 2.75) is 235 Å². The number of amides is 10. The Kier molecular flexibility index (Phi) is 34.4. The number of likely N-dealkylation sites (N-methyl/N-ethyl adjacent to an activating group) is 6. The second kappa shape index (κ2) is 38.8. The van der Waals surface area contributed by atoms with E-state index in [4.69, 9.17) is 4.74 Å². The first kappa shape index (κ1) is 84.3. The number of esters is 1. The lowest BCUT2D eigenvalue weighted by molar-refractivity contribution is -0.166. The van der Waals surface area contributed by atoms with E-state index in [0.29, 0.717) is 19.5 Å². The van der Waals surface area contributed by atoms with Crippen molar-refractivity contribution in [1.82, 2.24) is 60.6 Å². The van der Waals surface area contributed by atoms with Gasteiger partial charge in [0, 0.05) is 61.2 Å². The Labute approximate surface area is 566 Å². The third kappa shape index (κ3) is 25.3. The topological polar surface area (TPSA) is 321 Å². The van der Waals surface area contributed by atoms with Gasteiger partial charge in [-0.15, -0.1) is 0 Å². The van der Waals surface area contributed by atoms with Gasteiger partial charge >= 0.3 is 5.97 Å². The molecule has 1 aromatic heterocycles. The normalized spacial score (nSPS) is 25.6. The third-order valence-corrected chi connectivity index (χ3v) is 17.5. The minimum absolute atomic E-state index is 0.0711. The maximum absolute atomic E-state index is 15.4. The molecular weight excluding hydrogens is 1220 g/mol. The zero-order chi connectivity index (χ0) is 73.0. The van der Waals surface area contributed by atoms with E-state index < -0.39 is 162 Å². The molecule has 1 fully saturated rings. The highest BCUT2D eigenvalue weighted by molar-refractivity contribution is 5.99. The van der Waals surface area contributed by atoms with Gasteiger partial charge in [0.25, 0.3) is 5.91 Å². The summed E-state index contributed by atoms with van der Waals surface area (Å²) in [6.07, 6.45) is -0.583. The molecule has 0 aromatic carbocycles. The number of aromatic nitrogens is 1. The standard InChI is InChI=1S/C69H120N12O14/c1-38(2)31-49-64(89)78(21)52(34-41(7)8)60(85)71-46(16)69(94)95-59(44(13)14)68(93)79(22)53(35-42(9)10)62(87)73-50(32-39(3)4)65(90)80(23)56(43(11)12)67(92)81(24)57(58(84)45(15)27-30-75(18)36-48-25-28-70-29-26-48)63(88)74-55(47(17)82)66(91)76(19)37-54(83)77(20)51(33-40(5)6)61(86)72-49/h25-26,28-29,38-47,49-53,55-59,82,84H,27,30-37H2,1-24H3,(H,71,85)(H,72,86)(H,73,87)(H,74,88)/t45-,46-,47-,49-,50-,51+,52-,53-,55-,56-,57-,58-,59+/m1/s1. The largest absolute Gasteiger partial charge is 0.450 e. The summed E-state index contributed by atoms with van der Waals surface area (Å²) in [5.74, 6) is -11.7. The summed E-state index contributed by atoms with van der Waals surface area (Å²) in [6.45, 7) is 29.7. The molecule has 1 aliphatic heterocycles. The van der Waals surface area contributed by atoms with Gasteiger partial charge in [-0.1, -0.05) is 104 Å². The quantitative estimate of drug-likeness (QED) is 0.102. The number of carbonyl (C=O) groups is 11. The Morgan fingerprint density at radius 2 is 0.937 bits per heavy atom. The average Bonchev–Trinajstić information content (AvgIpc) is 0.844. The van der Waals surface area contributed by atoms with E-state index in [-0.39, 0.29) is 61.7 Å². The summed E-state index contributed by atoms with van der Waals surface area (Å²) in [5.41, 5.74) is 0.980. The van der Waals surface area contributed by atoms with E-state index in [1.54, 1.807) is 47.0 Å². The predicted octanol–water partition coefficient (Wildman–Crippen LogP) is 3.30. The van der Waals surface area contributed by atoms with Crippen LogP contribution in [0, 0.1) is 47.3 Å². The van der Waals surface area contributed by atoms with Gasteiger partial charge in [-0.25, -0.2) is 4.79 Å². The maximum atomic E-state index is 15.4. The number of nitrogens with one attached hydrogen (secondary N) is 4. The van der Waals surface area contributed by atoms with Gasteiger partial charge in [-0.2, -0.15) is 0 Å². The van der Waals surface area contributed by atoms with Gasteiger partial charge in [-0.3, -0.25) is 52.9 Å². The van der Waals surface area contributed by atoms with E-state index >= 15 is 14.4 Å². The van der Waals surface area contributed by atoms with Crippen LogP contribution < -0.4 is 21.3 Å². The molecule has 6 N–H and O–H groups in total. The minimum Gasteiger partial charge on any atom is -0.450 e. The SMILES string of the molecule is CC(C)C[C@@H]1C(=O)N[C@H](CC(C)C)C(=O)N(C)[C@H](C(C)C)C(=O)N(C)[C@H]([C@H](O)[C@H](C)CCN(C)Cc2ccncc2)C(=O)N[C@H]([C@@H](C)O)C(=O)N(C)CC(=O)N(C)[C@@H](CC(C)C)C(=O)N[C@H](CC(C)C)C(=O)N(C)[C@H](CC(C)C)C(=O)N[C@H](C)C(=O)O[C@@H](C(C)C)C(=O)N1C. The molecule has 1 aromatic rings. The highest BCUT2D eigenvalue weighted by Gasteiger charge is 2.46. The van der Waals surface area contributed by atoms with E-state index in [0.717, 1.165) is 20.3 Å². The molecule has 2 heterocycles. The van der Waals surface area contributed by atoms with Crippen LogP contribution in [0.3, 0.4) is 0 Å². The van der Waals surface area contributed by atoms with E-state index in [9.17, 15) is 48.6 Å². The third-order valence-electron chi connectivity index (χ3n) is 17.5. The van der Waals surface area contributed by atoms with Gasteiger partial charge in [0.15, 0.2) is 6.10 Å². The molecule has 13 atom stereocenters. The van der Waals surface area contributed by atoms with Gasteiger partial charge in [-0.05, 0) is 131 Å². The van der Waals surface area contributed by atoms with Crippen LogP contribution >= 0.6 is 0 Å². The monoisotopic (exact) mass is 1340 g/mol. The first-order valence-corrected chi connectivity index (χ1v) is 33.9. The second-order valence-electron chi connectivity index (χ2n) is 29.4. The number of carbonyl (C=O) groups excluding carboxylic acids is 11. The van der Waals surface area contributed by atoms with Crippen LogP contribution in [0.2, 0.25) is 0 Å². The summed E-state index contributed by atoms with van der Waals surface area (Å²) < 4.78 is 5.92. The summed E-state index contributed by atoms with van der Waals surface area (Å²) in [7, 11) is 10.0. The Morgan fingerprint density at radius 3 is 1.37 bits per heavy atom. The Hall–Kier alpha value is -6.80. The molecule has 0 saturated carbocycles. The zero-order valence-electron chi connectivity index (χ0n) is 61.6. The number of ether oxygens (including phenoxy) is 1. The number of rotatable bonds is 20. The first-order valence-electron chi connectivity index (χ1n) is 33.9. The van der Waals surface area contributed by atoms with Crippen LogP contribution in [0.15, 0.2) is 24.5 Å². The number of aliphatic hydroxyl groups is 2. The number of hydrogen-bond donors (Lipinski definition) is 6. The lowest BCUT2D eigenvalue weighted by Gasteiger charge is -2.40. The number of cyclic esters (lactones) is 1. The van der Waals surface area contributed by atoms with Crippen molar-refractivity contribution >= 4 is 65.0 Å². The molecule has 0 aliphatic carbocycles. The highest BCUT2D eigenvalue weighted by atomic mass is 16.6. The Bertz CT molecular complexity index is 2710. The molecule has 0 radical (unpaired) electrons. The van der Waals surface area contributed by atoms with Crippen LogP contribution in [-0.2, 0) is 64.0 Å². The molecule has 1 aliphatic rings. The number of aliphatic hydroxyl groups excluding tert-OH is 2. The van der Waals surface area contributed by atoms with Crippen LogP contribution in [0.5, 0.6) is 0 Å². The zero-order valence-corrected chi connectivity index (χ0v) is 61.6. The number of pyridine rings is 1. The van der Waals surface area contributed by atoms with E-state index in [2.05, 4.69) is 26.3 Å². The molecule has 10 amide bonds. The summed E-state index contributed by atoms with van der Waals surface area (Å²) >= 11 is 0. The van der Waals surface area contributed by atoms with Crippen LogP contribution in [-0.4, -0.2) is 250 Å². The second-order valence-corrected chi connectivity index (χ2v) is 29.4. The van der Waals surface area contributed by atoms with Crippen LogP contribution in [0.1, 0.15) is 162 Å². The van der Waals surface area contributed by atoms with Gasteiger partial charge in [0.05, 0.1) is 18.8 Å². The minimum atomic E-state index is -1.77. The molecule has 1 saturated heterocycles. The van der Waals surface area contributed by atoms with Gasteiger partial charge < -0.3 is 70.5 Å². The fourth-order valence-electron chi connectivity index (χ4n) is 11.8. The summed E-state index contributed by atoms with van der Waals surface area (Å²) in [6, 6.07) is -8.64. The number of hydrogen-bond acceptors (Lipinski definition) is 16. The summed E-state index contributed by atoms with van der Waals surface area (Å²) in [5, 5.41) is 34.8. The fraction of sp³-hybridized carbons (Fsp3) is 0.768. The van der Waals surface area contributed by atoms with Crippen LogP contribution in [0.4, 0.5) is 0 Å². The molecule has 26 nitrogen and oxygen atoms in total. The highest BCUT2D eigenvalue weighted by Crippen LogP contribution is 2.25. The molecular formula is C69H120N12O14. The lowest BCUT2D eigenvalue weighted by Crippen LogP contribution is -2.64. The van der Waals surface area contributed by atoms with E-state index in [1.165, 1.54) is 70.8 Å². The van der Waals surface area contributed by atoms with Crippen molar-refractivity contribution in [3.63, 3.8) is 0 Å². The molecule has 95 heavy (non-hydrogen) atoms. The predicted molar refractivity (Wildman–Crippen MR) is 363 cm³/mol.